The summed E-state index contributed by atoms with van der Waals surface area (Å²) in [6.45, 7) is 5.80. The minimum absolute atomic E-state index is 0.221. The maximum Gasteiger partial charge on any atom is 0.123 e. The van der Waals surface area contributed by atoms with Gasteiger partial charge in [0.1, 0.15) is 5.82 Å². The highest BCUT2D eigenvalue weighted by Gasteiger charge is 2.17. The Bertz CT molecular complexity index is 548. The first-order valence-electron chi connectivity index (χ1n) is 5.44. The van der Waals surface area contributed by atoms with Crippen molar-refractivity contribution in [2.75, 3.05) is 0 Å². The van der Waals surface area contributed by atoms with Crippen LogP contribution in [0, 0.1) is 26.6 Å². The summed E-state index contributed by atoms with van der Waals surface area (Å²) < 4.78 is 13.0. The van der Waals surface area contributed by atoms with E-state index in [4.69, 9.17) is 5.73 Å². The van der Waals surface area contributed by atoms with Gasteiger partial charge in [0.2, 0.25) is 0 Å². The molecule has 0 aliphatic carbocycles. The average molecular weight is 250 g/mol. The average Bonchev–Trinajstić information content (AvgIpc) is 2.57. The fourth-order valence-corrected chi connectivity index (χ4v) is 2.91. The number of halogens is 1. The normalized spacial score (nSPS) is 12.8. The highest BCUT2D eigenvalue weighted by atomic mass is 32.1. The van der Waals surface area contributed by atoms with Gasteiger partial charge < -0.3 is 5.73 Å². The van der Waals surface area contributed by atoms with E-state index in [-0.39, 0.29) is 11.9 Å². The summed E-state index contributed by atoms with van der Waals surface area (Å²) in [5.41, 5.74) is 9.03. The van der Waals surface area contributed by atoms with Crippen molar-refractivity contribution < 1.29 is 4.39 Å². The highest BCUT2D eigenvalue weighted by Crippen LogP contribution is 2.29. The molecule has 0 aliphatic heterocycles. The van der Waals surface area contributed by atoms with Gasteiger partial charge in [0.25, 0.3) is 0 Å². The van der Waals surface area contributed by atoms with E-state index in [9.17, 15) is 4.39 Å². The van der Waals surface area contributed by atoms with E-state index in [1.807, 2.05) is 20.8 Å². The molecule has 0 spiro atoms. The second-order valence-corrected chi connectivity index (χ2v) is 5.40. The molecular formula is C13H15FN2S. The number of aryl methyl sites for hydroxylation is 3. The molecule has 1 atom stereocenters. The van der Waals surface area contributed by atoms with E-state index in [1.54, 1.807) is 17.4 Å². The number of nitrogens with zero attached hydrogens (tertiary/aromatic N) is 1. The number of rotatable bonds is 2. The molecular weight excluding hydrogens is 235 g/mol. The Hall–Kier alpha value is -1.26. The Morgan fingerprint density at radius 3 is 2.53 bits per heavy atom. The van der Waals surface area contributed by atoms with Crippen LogP contribution in [-0.4, -0.2) is 4.98 Å². The molecule has 0 radical (unpaired) electrons. The molecule has 2 nitrogen and oxygen atoms in total. The maximum atomic E-state index is 13.0. The summed E-state index contributed by atoms with van der Waals surface area (Å²) >= 11 is 1.60. The van der Waals surface area contributed by atoms with Gasteiger partial charge in [0.15, 0.2) is 0 Å². The molecule has 4 heteroatoms. The minimum atomic E-state index is -0.226. The van der Waals surface area contributed by atoms with Crippen molar-refractivity contribution >= 4 is 11.3 Å². The van der Waals surface area contributed by atoms with Crippen LogP contribution in [-0.2, 0) is 0 Å². The first-order valence-corrected chi connectivity index (χ1v) is 6.26. The number of nitrogens with two attached hydrogens (primary N) is 1. The maximum absolute atomic E-state index is 13.0. The van der Waals surface area contributed by atoms with E-state index in [0.717, 1.165) is 26.7 Å². The fraction of sp³-hybridized carbons (Fsp3) is 0.308. The summed E-state index contributed by atoms with van der Waals surface area (Å²) in [4.78, 5) is 5.42. The molecule has 1 heterocycles. The molecule has 2 N–H and O–H groups in total. The smallest absolute Gasteiger partial charge is 0.123 e. The van der Waals surface area contributed by atoms with Crippen LogP contribution in [0.1, 0.15) is 32.7 Å². The van der Waals surface area contributed by atoms with Crippen molar-refractivity contribution in [3.05, 3.63) is 50.7 Å². The predicted molar refractivity (Wildman–Crippen MR) is 68.8 cm³/mol. The summed E-state index contributed by atoms with van der Waals surface area (Å²) in [6.07, 6.45) is 0. The Morgan fingerprint density at radius 1 is 1.29 bits per heavy atom. The lowest BCUT2D eigenvalue weighted by Crippen LogP contribution is -2.13. The van der Waals surface area contributed by atoms with Gasteiger partial charge in [-0.15, -0.1) is 11.3 Å². The molecule has 1 aromatic heterocycles. The molecule has 1 unspecified atom stereocenters. The number of hydrogen-bond acceptors (Lipinski definition) is 3. The zero-order valence-electron chi connectivity index (χ0n) is 10.1. The third kappa shape index (κ3) is 2.37. The molecule has 0 bridgehead atoms. The lowest BCUT2D eigenvalue weighted by molar-refractivity contribution is 0.625. The van der Waals surface area contributed by atoms with Gasteiger partial charge in [0, 0.05) is 4.88 Å². The standard InChI is InChI=1S/C13H15FN2S/c1-7-6-10(14)4-5-11(7)12(15)13-8(2)16-9(3)17-13/h4-6,12H,15H2,1-3H3. The summed E-state index contributed by atoms with van der Waals surface area (Å²) in [5.74, 6) is -0.226. The molecule has 2 rings (SSSR count). The Kier molecular flexibility index (Phi) is 3.26. The van der Waals surface area contributed by atoms with Crippen molar-refractivity contribution in [3.63, 3.8) is 0 Å². The van der Waals surface area contributed by atoms with Crippen LogP contribution in [0.5, 0.6) is 0 Å². The quantitative estimate of drug-likeness (QED) is 0.888. The zero-order chi connectivity index (χ0) is 12.6. The summed E-state index contributed by atoms with van der Waals surface area (Å²) in [5, 5.41) is 1.01. The third-order valence-corrected chi connectivity index (χ3v) is 3.94. The van der Waals surface area contributed by atoms with Crippen LogP contribution in [0.2, 0.25) is 0 Å². The highest BCUT2D eigenvalue weighted by molar-refractivity contribution is 7.11. The number of benzene rings is 1. The van der Waals surface area contributed by atoms with Crippen LogP contribution in [0.3, 0.4) is 0 Å². The Labute approximate surface area is 104 Å². The van der Waals surface area contributed by atoms with Gasteiger partial charge in [-0.2, -0.15) is 0 Å². The number of aromatic nitrogens is 1. The first kappa shape index (κ1) is 12.2. The lowest BCUT2D eigenvalue weighted by Gasteiger charge is -2.13. The summed E-state index contributed by atoms with van der Waals surface area (Å²) in [7, 11) is 0. The van der Waals surface area contributed by atoms with Crippen molar-refractivity contribution in [2.24, 2.45) is 5.73 Å². The van der Waals surface area contributed by atoms with Crippen molar-refractivity contribution in [3.8, 4) is 0 Å². The number of thiazole rings is 1. The van der Waals surface area contributed by atoms with E-state index in [2.05, 4.69) is 4.98 Å². The molecule has 0 saturated heterocycles. The Morgan fingerprint density at radius 2 is 2.00 bits per heavy atom. The van der Waals surface area contributed by atoms with Gasteiger partial charge in [-0.1, -0.05) is 6.07 Å². The lowest BCUT2D eigenvalue weighted by atomic mass is 10.00. The topological polar surface area (TPSA) is 38.9 Å². The van der Waals surface area contributed by atoms with E-state index < -0.39 is 0 Å². The largest absolute Gasteiger partial charge is 0.320 e. The van der Waals surface area contributed by atoms with E-state index >= 15 is 0 Å². The third-order valence-electron chi connectivity index (χ3n) is 2.79. The molecule has 0 amide bonds. The zero-order valence-corrected chi connectivity index (χ0v) is 10.9. The Balaban J connectivity index is 2.43. The van der Waals surface area contributed by atoms with Crippen LogP contribution < -0.4 is 5.73 Å². The van der Waals surface area contributed by atoms with Crippen molar-refractivity contribution in [1.29, 1.82) is 0 Å². The van der Waals surface area contributed by atoms with Gasteiger partial charge in [-0.3, -0.25) is 0 Å². The van der Waals surface area contributed by atoms with Crippen LogP contribution in [0.4, 0.5) is 4.39 Å². The van der Waals surface area contributed by atoms with Crippen LogP contribution in [0.25, 0.3) is 0 Å². The summed E-state index contributed by atoms with van der Waals surface area (Å²) in [6, 6.07) is 4.50. The number of hydrogen-bond donors (Lipinski definition) is 1. The van der Waals surface area contributed by atoms with Crippen LogP contribution in [0.15, 0.2) is 18.2 Å². The van der Waals surface area contributed by atoms with Gasteiger partial charge in [-0.05, 0) is 44.0 Å². The molecule has 0 saturated carbocycles. The monoisotopic (exact) mass is 250 g/mol. The van der Waals surface area contributed by atoms with Crippen molar-refractivity contribution in [2.45, 2.75) is 26.8 Å². The van der Waals surface area contributed by atoms with Crippen LogP contribution >= 0.6 is 11.3 Å². The second-order valence-electron chi connectivity index (χ2n) is 4.16. The van der Waals surface area contributed by atoms with Gasteiger partial charge >= 0.3 is 0 Å². The van der Waals surface area contributed by atoms with Crippen molar-refractivity contribution in [1.82, 2.24) is 4.98 Å². The van der Waals surface area contributed by atoms with Gasteiger partial charge in [-0.25, -0.2) is 9.37 Å². The minimum Gasteiger partial charge on any atom is -0.320 e. The molecule has 17 heavy (non-hydrogen) atoms. The second kappa shape index (κ2) is 4.55. The predicted octanol–water partition coefficient (Wildman–Crippen LogP) is 3.26. The fourth-order valence-electron chi connectivity index (χ4n) is 1.96. The molecule has 0 aliphatic rings. The first-order chi connectivity index (χ1) is 7.99. The molecule has 2 aromatic rings. The van der Waals surface area contributed by atoms with Gasteiger partial charge in [0.05, 0.1) is 16.7 Å². The van der Waals surface area contributed by atoms with E-state index in [0.29, 0.717) is 0 Å². The molecule has 0 fully saturated rings. The molecule has 90 valence electrons. The van der Waals surface area contributed by atoms with E-state index in [1.165, 1.54) is 12.1 Å². The molecule has 1 aromatic carbocycles. The SMILES string of the molecule is Cc1nc(C)c(C(N)c2ccc(F)cc2C)s1.